The minimum atomic E-state index is 0.0356. The van der Waals surface area contributed by atoms with E-state index in [0.717, 1.165) is 30.5 Å². The molecular weight excluding hydrogens is 244 g/mol. The average Bonchev–Trinajstić information content (AvgIpc) is 2.79. The Bertz CT molecular complexity index is 381. The van der Waals surface area contributed by atoms with Crippen LogP contribution in [-0.4, -0.2) is 28.5 Å². The Morgan fingerprint density at radius 3 is 2.78 bits per heavy atom. The van der Waals surface area contributed by atoms with E-state index >= 15 is 0 Å². The lowest BCUT2D eigenvalue weighted by molar-refractivity contribution is 0.440. The van der Waals surface area contributed by atoms with Crippen LogP contribution in [0.4, 0.5) is 5.13 Å². The largest absolute Gasteiger partial charge is 0.344 e. The van der Waals surface area contributed by atoms with Gasteiger partial charge in [-0.25, -0.2) is 4.98 Å². The fourth-order valence-electron chi connectivity index (χ4n) is 2.38. The quantitative estimate of drug-likeness (QED) is 0.915. The number of anilines is 1. The molecule has 1 atom stereocenters. The molecule has 1 fully saturated rings. The zero-order valence-corrected chi connectivity index (χ0v) is 12.5. The van der Waals surface area contributed by atoms with Gasteiger partial charge in [-0.05, 0) is 32.2 Å². The van der Waals surface area contributed by atoms with E-state index in [0.29, 0.717) is 6.04 Å². The minimum Gasteiger partial charge on any atom is -0.344 e. The van der Waals surface area contributed by atoms with E-state index in [1.54, 1.807) is 0 Å². The number of aromatic nitrogens is 2. The van der Waals surface area contributed by atoms with E-state index in [-0.39, 0.29) is 5.41 Å². The molecule has 0 radical (unpaired) electrons. The molecule has 1 unspecified atom stereocenters. The molecule has 0 bridgehead atoms. The summed E-state index contributed by atoms with van der Waals surface area (Å²) in [6.07, 6.45) is 4.86. The fraction of sp³-hybridized carbons (Fsp3) is 0.846. The highest BCUT2D eigenvalue weighted by atomic mass is 32.1. The number of rotatable bonds is 3. The molecule has 1 saturated heterocycles. The molecule has 102 valence electrons. The Morgan fingerprint density at radius 2 is 2.17 bits per heavy atom. The minimum absolute atomic E-state index is 0.0356. The van der Waals surface area contributed by atoms with Gasteiger partial charge in [0.15, 0.2) is 0 Å². The Hall–Kier alpha value is -0.680. The highest BCUT2D eigenvalue weighted by Gasteiger charge is 2.27. The van der Waals surface area contributed by atoms with Gasteiger partial charge in [-0.1, -0.05) is 20.8 Å². The van der Waals surface area contributed by atoms with Crippen molar-refractivity contribution < 1.29 is 0 Å². The van der Waals surface area contributed by atoms with Crippen LogP contribution < -0.4 is 10.6 Å². The molecule has 0 amide bonds. The molecule has 1 aliphatic rings. The molecule has 18 heavy (non-hydrogen) atoms. The first-order chi connectivity index (χ1) is 8.52. The van der Waals surface area contributed by atoms with Crippen LogP contribution in [0, 0.1) is 0 Å². The maximum atomic E-state index is 5.71. The summed E-state index contributed by atoms with van der Waals surface area (Å²) >= 11 is 1.54. The molecule has 4 nitrogen and oxygen atoms in total. The van der Waals surface area contributed by atoms with Crippen molar-refractivity contribution in [1.82, 2.24) is 9.36 Å². The first-order valence-electron chi connectivity index (χ1n) is 6.83. The van der Waals surface area contributed by atoms with E-state index < -0.39 is 0 Å². The second-order valence-corrected chi connectivity index (χ2v) is 6.80. The Morgan fingerprint density at radius 1 is 1.39 bits per heavy atom. The van der Waals surface area contributed by atoms with Crippen LogP contribution in [0.25, 0.3) is 0 Å². The highest BCUT2D eigenvalue weighted by Crippen LogP contribution is 2.30. The molecule has 2 N–H and O–H groups in total. The van der Waals surface area contributed by atoms with Crippen molar-refractivity contribution in [2.24, 2.45) is 5.73 Å². The number of hydrogen-bond donors (Lipinski definition) is 1. The Kier molecular flexibility index (Phi) is 4.22. The van der Waals surface area contributed by atoms with Gasteiger partial charge in [-0.3, -0.25) is 0 Å². The van der Waals surface area contributed by atoms with E-state index in [1.807, 2.05) is 0 Å². The van der Waals surface area contributed by atoms with Gasteiger partial charge in [0.05, 0.1) is 0 Å². The van der Waals surface area contributed by atoms with Crippen molar-refractivity contribution in [2.75, 3.05) is 18.0 Å². The molecule has 1 aromatic rings. The predicted molar refractivity (Wildman–Crippen MR) is 77.3 cm³/mol. The summed E-state index contributed by atoms with van der Waals surface area (Å²) in [5.41, 5.74) is 5.75. The predicted octanol–water partition coefficient (Wildman–Crippen LogP) is 2.54. The highest BCUT2D eigenvalue weighted by molar-refractivity contribution is 7.09. The molecule has 2 heterocycles. The third kappa shape index (κ3) is 3.01. The first kappa shape index (κ1) is 13.7. The summed E-state index contributed by atoms with van der Waals surface area (Å²) < 4.78 is 4.51. The third-order valence-corrected chi connectivity index (χ3v) is 4.21. The normalized spacial score (nSPS) is 21.3. The molecule has 2 rings (SSSR count). The van der Waals surface area contributed by atoms with E-state index in [9.17, 15) is 0 Å². The number of nitrogens with two attached hydrogens (primary N) is 1. The van der Waals surface area contributed by atoms with Crippen molar-refractivity contribution in [1.29, 1.82) is 0 Å². The summed E-state index contributed by atoms with van der Waals surface area (Å²) in [7, 11) is 0. The SMILES string of the molecule is CC(C)(C)c1nsc(N2CCCCC2CCN)n1. The lowest BCUT2D eigenvalue weighted by atomic mass is 9.96. The van der Waals surface area contributed by atoms with Crippen molar-refractivity contribution in [3.05, 3.63) is 5.82 Å². The number of hydrogen-bond acceptors (Lipinski definition) is 5. The zero-order valence-electron chi connectivity index (χ0n) is 11.6. The topological polar surface area (TPSA) is 55.0 Å². The van der Waals surface area contributed by atoms with Gasteiger partial charge in [-0.15, -0.1) is 0 Å². The first-order valence-corrected chi connectivity index (χ1v) is 7.60. The molecule has 1 aromatic heterocycles. The fourth-order valence-corrected chi connectivity index (χ4v) is 3.34. The standard InChI is InChI=1S/C13H24N4S/c1-13(2,3)11-15-12(18-16-11)17-9-5-4-6-10(17)7-8-14/h10H,4-9,14H2,1-3H3. The second kappa shape index (κ2) is 5.53. The summed E-state index contributed by atoms with van der Waals surface area (Å²) in [4.78, 5) is 7.15. The Labute approximate surface area is 114 Å². The number of nitrogens with zero attached hydrogens (tertiary/aromatic N) is 3. The third-order valence-electron chi connectivity index (χ3n) is 3.46. The van der Waals surface area contributed by atoms with Gasteiger partial charge in [0.2, 0.25) is 5.13 Å². The second-order valence-electron chi connectivity index (χ2n) is 6.07. The van der Waals surface area contributed by atoms with Crippen LogP contribution in [0.5, 0.6) is 0 Å². The van der Waals surface area contributed by atoms with Gasteiger partial charge in [0, 0.05) is 29.5 Å². The van der Waals surface area contributed by atoms with Crippen LogP contribution >= 0.6 is 11.5 Å². The van der Waals surface area contributed by atoms with Gasteiger partial charge in [0.1, 0.15) is 5.82 Å². The van der Waals surface area contributed by atoms with Crippen LogP contribution in [0.1, 0.15) is 52.3 Å². The van der Waals surface area contributed by atoms with E-state index in [4.69, 9.17) is 10.7 Å². The number of piperidine rings is 1. The summed E-state index contributed by atoms with van der Waals surface area (Å²) in [6.45, 7) is 8.33. The smallest absolute Gasteiger partial charge is 0.205 e. The van der Waals surface area contributed by atoms with Crippen LogP contribution in [0.15, 0.2) is 0 Å². The van der Waals surface area contributed by atoms with Gasteiger partial charge in [0.25, 0.3) is 0 Å². The van der Waals surface area contributed by atoms with E-state index in [2.05, 4.69) is 30.0 Å². The molecule has 0 saturated carbocycles. The summed E-state index contributed by atoms with van der Waals surface area (Å²) in [5.74, 6) is 0.958. The van der Waals surface area contributed by atoms with Crippen molar-refractivity contribution in [3.8, 4) is 0 Å². The van der Waals surface area contributed by atoms with Crippen molar-refractivity contribution in [2.45, 2.75) is 57.9 Å². The zero-order chi connectivity index (χ0) is 13.2. The Balaban J connectivity index is 2.15. The summed E-state index contributed by atoms with van der Waals surface area (Å²) in [5, 5.41) is 1.08. The summed E-state index contributed by atoms with van der Waals surface area (Å²) in [6, 6.07) is 0.560. The lowest BCUT2D eigenvalue weighted by Crippen LogP contribution is -2.40. The lowest BCUT2D eigenvalue weighted by Gasteiger charge is -2.35. The van der Waals surface area contributed by atoms with Gasteiger partial charge in [-0.2, -0.15) is 4.37 Å². The van der Waals surface area contributed by atoms with Crippen LogP contribution in [0.3, 0.4) is 0 Å². The van der Waals surface area contributed by atoms with Crippen LogP contribution in [-0.2, 0) is 5.41 Å². The molecule has 0 aromatic carbocycles. The molecule has 1 aliphatic heterocycles. The molecule has 5 heteroatoms. The van der Waals surface area contributed by atoms with Gasteiger partial charge >= 0.3 is 0 Å². The van der Waals surface area contributed by atoms with Gasteiger partial charge < -0.3 is 10.6 Å². The molecule has 0 aliphatic carbocycles. The van der Waals surface area contributed by atoms with Crippen LogP contribution in [0.2, 0.25) is 0 Å². The monoisotopic (exact) mass is 268 g/mol. The average molecular weight is 268 g/mol. The molecular formula is C13H24N4S. The van der Waals surface area contributed by atoms with Crippen molar-refractivity contribution in [3.63, 3.8) is 0 Å². The molecule has 0 spiro atoms. The van der Waals surface area contributed by atoms with Crippen molar-refractivity contribution >= 4 is 16.7 Å². The maximum absolute atomic E-state index is 5.71. The van der Waals surface area contributed by atoms with E-state index in [1.165, 1.54) is 30.8 Å². The maximum Gasteiger partial charge on any atom is 0.205 e.